The number of rotatable bonds is 2. The Hall–Kier alpha value is -1.08. The van der Waals surface area contributed by atoms with Crippen LogP contribution in [-0.2, 0) is 7.05 Å². The number of aromatic amines is 1. The summed E-state index contributed by atoms with van der Waals surface area (Å²) in [6, 6.07) is 0.137. The van der Waals surface area contributed by atoms with Gasteiger partial charge in [0.1, 0.15) is 0 Å². The molecule has 1 aromatic heterocycles. The van der Waals surface area contributed by atoms with E-state index in [1.807, 2.05) is 0 Å². The molecule has 1 aromatic rings. The van der Waals surface area contributed by atoms with Crippen LogP contribution in [0, 0.1) is 0 Å². The molecule has 2 atom stereocenters. The molecule has 1 aliphatic carbocycles. The summed E-state index contributed by atoms with van der Waals surface area (Å²) in [6.07, 6.45) is 4.36. The fourth-order valence-electron chi connectivity index (χ4n) is 1.97. The Labute approximate surface area is 103 Å². The SMILES string of the molecule is Cn1[nH]c(=O)c(=O)nc1SC1CCCCC1N. The Morgan fingerprint density at radius 3 is 2.82 bits per heavy atom. The smallest absolute Gasteiger partial charge is 0.327 e. The van der Waals surface area contributed by atoms with E-state index >= 15 is 0 Å². The summed E-state index contributed by atoms with van der Waals surface area (Å²) in [5.74, 6) is 0. The average molecular weight is 256 g/mol. The molecule has 0 saturated heterocycles. The zero-order valence-electron chi connectivity index (χ0n) is 9.68. The third-order valence-corrected chi connectivity index (χ3v) is 4.42. The van der Waals surface area contributed by atoms with Gasteiger partial charge < -0.3 is 5.73 Å². The molecule has 1 heterocycles. The maximum absolute atomic E-state index is 11.2. The van der Waals surface area contributed by atoms with E-state index in [1.54, 1.807) is 7.05 Å². The van der Waals surface area contributed by atoms with Crippen LogP contribution in [-0.4, -0.2) is 26.1 Å². The molecule has 0 radical (unpaired) electrons. The van der Waals surface area contributed by atoms with Crippen molar-refractivity contribution in [1.29, 1.82) is 0 Å². The quantitative estimate of drug-likeness (QED) is 0.717. The standard InChI is InChI=1S/C10H16N4O2S/c1-14-10(12-8(15)9(16)13-14)17-7-5-3-2-4-6(7)11/h6-7H,2-5,11H2,1H3,(H,13,16). The van der Waals surface area contributed by atoms with E-state index in [9.17, 15) is 9.59 Å². The monoisotopic (exact) mass is 256 g/mol. The van der Waals surface area contributed by atoms with Crippen LogP contribution >= 0.6 is 11.8 Å². The summed E-state index contributed by atoms with van der Waals surface area (Å²) in [7, 11) is 1.67. The van der Waals surface area contributed by atoms with Crippen molar-refractivity contribution in [2.24, 2.45) is 12.8 Å². The van der Waals surface area contributed by atoms with Gasteiger partial charge >= 0.3 is 11.1 Å². The Balaban J connectivity index is 2.20. The van der Waals surface area contributed by atoms with Crippen molar-refractivity contribution in [3.05, 3.63) is 20.7 Å². The number of hydrogen-bond acceptors (Lipinski definition) is 5. The van der Waals surface area contributed by atoms with Gasteiger partial charge in [-0.1, -0.05) is 24.6 Å². The van der Waals surface area contributed by atoms with E-state index in [4.69, 9.17) is 5.73 Å². The Bertz CT molecular complexity index is 510. The predicted octanol–water partition coefficient (Wildman–Crippen LogP) is -0.169. The Morgan fingerprint density at radius 1 is 1.41 bits per heavy atom. The molecule has 0 aromatic carbocycles. The maximum atomic E-state index is 11.2. The second kappa shape index (κ2) is 5.05. The number of thioether (sulfide) groups is 1. The molecule has 17 heavy (non-hydrogen) atoms. The summed E-state index contributed by atoms with van der Waals surface area (Å²) in [5.41, 5.74) is 4.61. The van der Waals surface area contributed by atoms with Crippen LogP contribution < -0.4 is 16.9 Å². The summed E-state index contributed by atoms with van der Waals surface area (Å²) >= 11 is 1.48. The number of hydrogen-bond donors (Lipinski definition) is 2. The van der Waals surface area contributed by atoms with Crippen LogP contribution in [0.3, 0.4) is 0 Å². The minimum Gasteiger partial charge on any atom is -0.327 e. The van der Waals surface area contributed by atoms with E-state index in [0.29, 0.717) is 5.16 Å². The number of H-pyrrole nitrogens is 1. The average Bonchev–Trinajstić information content (AvgIpc) is 2.29. The minimum absolute atomic E-state index is 0.137. The third-order valence-electron chi connectivity index (χ3n) is 2.96. The number of nitrogens with one attached hydrogen (secondary N) is 1. The normalized spacial score (nSPS) is 24.8. The summed E-state index contributed by atoms with van der Waals surface area (Å²) in [6.45, 7) is 0. The van der Waals surface area contributed by atoms with E-state index < -0.39 is 11.1 Å². The van der Waals surface area contributed by atoms with E-state index in [2.05, 4.69) is 10.1 Å². The summed E-state index contributed by atoms with van der Waals surface area (Å²) in [4.78, 5) is 26.0. The molecule has 1 saturated carbocycles. The molecule has 0 amide bonds. The van der Waals surface area contributed by atoms with Gasteiger partial charge in [0.05, 0.1) is 0 Å². The maximum Gasteiger partial charge on any atom is 0.339 e. The van der Waals surface area contributed by atoms with Crippen LogP contribution in [0.25, 0.3) is 0 Å². The highest BCUT2D eigenvalue weighted by molar-refractivity contribution is 7.99. The molecule has 2 unspecified atom stereocenters. The molecule has 94 valence electrons. The van der Waals surface area contributed by atoms with E-state index in [1.165, 1.54) is 16.4 Å². The largest absolute Gasteiger partial charge is 0.339 e. The van der Waals surface area contributed by atoms with Crippen LogP contribution in [0.1, 0.15) is 25.7 Å². The van der Waals surface area contributed by atoms with Gasteiger partial charge in [0.15, 0.2) is 5.16 Å². The van der Waals surface area contributed by atoms with Crippen LogP contribution in [0.2, 0.25) is 0 Å². The van der Waals surface area contributed by atoms with Crippen molar-refractivity contribution in [3.63, 3.8) is 0 Å². The molecule has 1 aliphatic rings. The van der Waals surface area contributed by atoms with Gasteiger partial charge in [-0.25, -0.2) is 0 Å². The summed E-state index contributed by atoms with van der Waals surface area (Å²) in [5, 5.41) is 3.23. The fraction of sp³-hybridized carbons (Fsp3) is 0.700. The van der Waals surface area contributed by atoms with Crippen molar-refractivity contribution in [3.8, 4) is 0 Å². The van der Waals surface area contributed by atoms with Crippen molar-refractivity contribution < 1.29 is 0 Å². The molecule has 1 fully saturated rings. The molecular formula is C10H16N4O2S. The number of nitrogens with two attached hydrogens (primary N) is 1. The highest BCUT2D eigenvalue weighted by Crippen LogP contribution is 2.30. The number of aryl methyl sites for hydroxylation is 1. The van der Waals surface area contributed by atoms with Crippen molar-refractivity contribution in [2.75, 3.05) is 0 Å². The fourth-order valence-corrected chi connectivity index (χ4v) is 3.18. The third kappa shape index (κ3) is 2.78. The van der Waals surface area contributed by atoms with Crippen LogP contribution in [0.4, 0.5) is 0 Å². The lowest BCUT2D eigenvalue weighted by Crippen LogP contribution is -2.37. The minimum atomic E-state index is -0.741. The first-order valence-corrected chi connectivity index (χ1v) is 6.55. The molecule has 3 N–H and O–H groups in total. The molecule has 2 rings (SSSR count). The highest BCUT2D eigenvalue weighted by Gasteiger charge is 2.24. The Kier molecular flexibility index (Phi) is 3.68. The predicted molar refractivity (Wildman–Crippen MR) is 66.2 cm³/mol. The second-order valence-electron chi connectivity index (χ2n) is 4.30. The van der Waals surface area contributed by atoms with Crippen molar-refractivity contribution >= 4 is 11.8 Å². The van der Waals surface area contributed by atoms with E-state index in [0.717, 1.165) is 25.7 Å². The molecule has 7 heteroatoms. The van der Waals surface area contributed by atoms with Crippen molar-refractivity contribution in [1.82, 2.24) is 14.8 Å². The van der Waals surface area contributed by atoms with Gasteiger partial charge in [-0.2, -0.15) is 4.98 Å². The van der Waals surface area contributed by atoms with Gasteiger partial charge in [0, 0.05) is 18.3 Å². The zero-order valence-corrected chi connectivity index (χ0v) is 10.5. The highest BCUT2D eigenvalue weighted by atomic mass is 32.2. The first-order chi connectivity index (χ1) is 8.08. The van der Waals surface area contributed by atoms with Gasteiger partial charge in [0.2, 0.25) is 0 Å². The Morgan fingerprint density at radius 2 is 2.12 bits per heavy atom. The molecular weight excluding hydrogens is 240 g/mol. The van der Waals surface area contributed by atoms with Gasteiger partial charge in [-0.15, -0.1) is 0 Å². The molecule has 0 bridgehead atoms. The van der Waals surface area contributed by atoms with Gasteiger partial charge in [-0.3, -0.25) is 19.4 Å². The van der Waals surface area contributed by atoms with Crippen LogP contribution in [0.5, 0.6) is 0 Å². The lowest BCUT2D eigenvalue weighted by Gasteiger charge is -2.27. The van der Waals surface area contributed by atoms with Gasteiger partial charge in [0.25, 0.3) is 0 Å². The van der Waals surface area contributed by atoms with Crippen molar-refractivity contribution in [2.45, 2.75) is 42.1 Å². The zero-order chi connectivity index (χ0) is 12.4. The first-order valence-electron chi connectivity index (χ1n) is 5.67. The van der Waals surface area contributed by atoms with E-state index in [-0.39, 0.29) is 11.3 Å². The second-order valence-corrected chi connectivity index (χ2v) is 5.51. The molecule has 6 nitrogen and oxygen atoms in total. The lowest BCUT2D eigenvalue weighted by atomic mass is 9.96. The number of nitrogens with zero attached hydrogens (tertiary/aromatic N) is 2. The van der Waals surface area contributed by atoms with Gasteiger partial charge in [-0.05, 0) is 12.8 Å². The first kappa shape index (κ1) is 12.4. The lowest BCUT2D eigenvalue weighted by molar-refractivity contribution is 0.451. The molecule has 0 aliphatic heterocycles. The number of aromatic nitrogens is 3. The van der Waals surface area contributed by atoms with Crippen LogP contribution in [0.15, 0.2) is 14.7 Å². The molecule has 0 spiro atoms. The topological polar surface area (TPSA) is 93.8 Å². The summed E-state index contributed by atoms with van der Waals surface area (Å²) < 4.78 is 1.48.